The molecule has 2 N–H and O–H groups in total. The van der Waals surface area contributed by atoms with Crippen LogP contribution < -0.4 is 0 Å². The Labute approximate surface area is 109 Å². The summed E-state index contributed by atoms with van der Waals surface area (Å²) in [7, 11) is 0. The minimum Gasteiger partial charge on any atom is -0.508 e. The van der Waals surface area contributed by atoms with Crippen LogP contribution in [0.3, 0.4) is 0 Å². The van der Waals surface area contributed by atoms with Gasteiger partial charge in [0.2, 0.25) is 0 Å². The Morgan fingerprint density at radius 2 is 1.94 bits per heavy atom. The van der Waals surface area contributed by atoms with Crippen LogP contribution in [0.5, 0.6) is 5.75 Å². The van der Waals surface area contributed by atoms with Gasteiger partial charge in [0, 0.05) is 19.1 Å². The van der Waals surface area contributed by atoms with E-state index in [0.717, 1.165) is 18.7 Å². The summed E-state index contributed by atoms with van der Waals surface area (Å²) in [5, 5.41) is 18.7. The van der Waals surface area contributed by atoms with E-state index in [9.17, 15) is 10.2 Å². The Bertz CT molecular complexity index is 361. The number of aliphatic hydroxyl groups excluding tert-OH is 1. The van der Waals surface area contributed by atoms with Gasteiger partial charge in [-0.15, -0.1) is 0 Å². The molecule has 2 rings (SSSR count). The number of aromatic hydroxyl groups is 1. The fraction of sp³-hybridized carbons (Fsp3) is 0.600. The van der Waals surface area contributed by atoms with Gasteiger partial charge in [0.05, 0.1) is 6.61 Å². The lowest BCUT2D eigenvalue weighted by Crippen LogP contribution is -2.38. The summed E-state index contributed by atoms with van der Waals surface area (Å²) >= 11 is 0. The van der Waals surface area contributed by atoms with Crippen molar-refractivity contribution < 1.29 is 10.2 Å². The maximum absolute atomic E-state index is 9.50. The second-order valence-electron chi connectivity index (χ2n) is 5.16. The predicted molar refractivity (Wildman–Crippen MR) is 72.5 cm³/mol. The number of phenols is 1. The van der Waals surface area contributed by atoms with Crippen LogP contribution in [0, 0.1) is 0 Å². The van der Waals surface area contributed by atoms with Gasteiger partial charge in [0.15, 0.2) is 0 Å². The molecule has 0 atom stereocenters. The monoisotopic (exact) mass is 249 g/mol. The molecule has 1 aromatic rings. The van der Waals surface area contributed by atoms with E-state index >= 15 is 0 Å². The number of aliphatic hydroxyl groups is 1. The Balaban J connectivity index is 2.00. The van der Waals surface area contributed by atoms with Gasteiger partial charge in [-0.05, 0) is 30.5 Å². The smallest absolute Gasteiger partial charge is 0.115 e. The third kappa shape index (κ3) is 3.72. The first-order chi connectivity index (χ1) is 8.79. The molecule has 0 unspecified atom stereocenters. The molecule has 3 heteroatoms. The normalized spacial score (nSPS) is 17.2. The van der Waals surface area contributed by atoms with Crippen LogP contribution in [-0.2, 0) is 6.54 Å². The number of hydrogen-bond donors (Lipinski definition) is 2. The van der Waals surface area contributed by atoms with Gasteiger partial charge in [-0.25, -0.2) is 0 Å². The number of hydrogen-bond acceptors (Lipinski definition) is 3. The molecular weight excluding hydrogens is 226 g/mol. The van der Waals surface area contributed by atoms with Crippen LogP contribution in [0.15, 0.2) is 24.3 Å². The SMILES string of the molecule is OCCN(Cc1cccc(O)c1)C1CCCCC1. The molecule has 1 aliphatic carbocycles. The van der Waals surface area contributed by atoms with Crippen LogP contribution in [0.1, 0.15) is 37.7 Å². The Kier molecular flexibility index (Phi) is 5.02. The molecular formula is C15H23NO2. The van der Waals surface area contributed by atoms with E-state index in [0.29, 0.717) is 11.8 Å². The minimum absolute atomic E-state index is 0.204. The molecule has 0 radical (unpaired) electrons. The van der Waals surface area contributed by atoms with Gasteiger partial charge in [0.1, 0.15) is 5.75 Å². The van der Waals surface area contributed by atoms with Crippen LogP contribution in [-0.4, -0.2) is 34.3 Å². The zero-order valence-corrected chi connectivity index (χ0v) is 10.9. The quantitative estimate of drug-likeness (QED) is 0.842. The molecule has 1 saturated carbocycles. The molecule has 0 heterocycles. The molecule has 1 fully saturated rings. The van der Waals surface area contributed by atoms with Crippen molar-refractivity contribution in [1.29, 1.82) is 0 Å². The molecule has 1 aliphatic rings. The van der Waals surface area contributed by atoms with Crippen molar-refractivity contribution in [3.63, 3.8) is 0 Å². The third-order valence-electron chi connectivity index (χ3n) is 3.77. The van der Waals surface area contributed by atoms with Crippen molar-refractivity contribution in [1.82, 2.24) is 4.90 Å². The molecule has 0 aromatic heterocycles. The zero-order valence-electron chi connectivity index (χ0n) is 10.9. The molecule has 3 nitrogen and oxygen atoms in total. The van der Waals surface area contributed by atoms with E-state index in [4.69, 9.17) is 0 Å². The summed E-state index contributed by atoms with van der Waals surface area (Å²) in [5.74, 6) is 0.320. The van der Waals surface area contributed by atoms with Crippen LogP contribution in [0.4, 0.5) is 0 Å². The Morgan fingerprint density at radius 1 is 1.17 bits per heavy atom. The summed E-state index contributed by atoms with van der Waals surface area (Å²) < 4.78 is 0. The molecule has 1 aromatic carbocycles. The van der Waals surface area contributed by atoms with E-state index < -0.39 is 0 Å². The lowest BCUT2D eigenvalue weighted by atomic mass is 9.94. The highest BCUT2D eigenvalue weighted by Crippen LogP contribution is 2.24. The van der Waals surface area contributed by atoms with Crippen LogP contribution in [0.2, 0.25) is 0 Å². The lowest BCUT2D eigenvalue weighted by Gasteiger charge is -2.34. The fourth-order valence-corrected chi connectivity index (χ4v) is 2.85. The van der Waals surface area contributed by atoms with Gasteiger partial charge in [-0.1, -0.05) is 31.4 Å². The van der Waals surface area contributed by atoms with E-state index in [1.807, 2.05) is 18.2 Å². The number of rotatable bonds is 5. The molecule has 0 amide bonds. The van der Waals surface area contributed by atoms with Crippen molar-refractivity contribution in [2.45, 2.75) is 44.7 Å². The average Bonchev–Trinajstić information content (AvgIpc) is 2.39. The Morgan fingerprint density at radius 3 is 2.61 bits per heavy atom. The zero-order chi connectivity index (χ0) is 12.8. The number of phenolic OH excluding ortho intramolecular Hbond substituents is 1. The molecule has 0 spiro atoms. The second kappa shape index (κ2) is 6.76. The standard InChI is InChI=1S/C15H23NO2/c17-10-9-16(14-6-2-1-3-7-14)12-13-5-4-8-15(18)11-13/h4-5,8,11,14,17-18H,1-3,6-7,9-10,12H2. The van der Waals surface area contributed by atoms with Crippen molar-refractivity contribution in [2.75, 3.05) is 13.2 Å². The largest absolute Gasteiger partial charge is 0.508 e. The van der Waals surface area contributed by atoms with E-state index in [2.05, 4.69) is 4.90 Å². The summed E-state index contributed by atoms with van der Waals surface area (Å²) in [5.41, 5.74) is 1.12. The van der Waals surface area contributed by atoms with Crippen LogP contribution in [0.25, 0.3) is 0 Å². The number of nitrogens with zero attached hydrogens (tertiary/aromatic N) is 1. The third-order valence-corrected chi connectivity index (χ3v) is 3.77. The molecule has 0 saturated heterocycles. The van der Waals surface area contributed by atoms with E-state index in [1.165, 1.54) is 32.1 Å². The average molecular weight is 249 g/mol. The minimum atomic E-state index is 0.204. The van der Waals surface area contributed by atoms with Crippen LogP contribution >= 0.6 is 0 Å². The van der Waals surface area contributed by atoms with E-state index in [-0.39, 0.29) is 6.61 Å². The second-order valence-corrected chi connectivity index (χ2v) is 5.16. The maximum atomic E-state index is 9.50. The van der Waals surface area contributed by atoms with Gasteiger partial charge in [-0.3, -0.25) is 4.90 Å². The summed E-state index contributed by atoms with van der Waals surface area (Å²) in [6, 6.07) is 8.01. The first-order valence-electron chi connectivity index (χ1n) is 6.92. The first-order valence-corrected chi connectivity index (χ1v) is 6.92. The highest BCUT2D eigenvalue weighted by Gasteiger charge is 2.20. The summed E-state index contributed by atoms with van der Waals surface area (Å²) in [4.78, 5) is 2.36. The van der Waals surface area contributed by atoms with Crippen molar-refractivity contribution >= 4 is 0 Å². The molecule has 0 aliphatic heterocycles. The Hall–Kier alpha value is -1.06. The fourth-order valence-electron chi connectivity index (χ4n) is 2.85. The van der Waals surface area contributed by atoms with Gasteiger partial charge >= 0.3 is 0 Å². The summed E-state index contributed by atoms with van der Waals surface area (Å²) in [6.45, 7) is 1.75. The first kappa shape index (κ1) is 13.4. The van der Waals surface area contributed by atoms with Gasteiger partial charge in [0.25, 0.3) is 0 Å². The predicted octanol–water partition coefficient (Wildman–Crippen LogP) is 2.52. The van der Waals surface area contributed by atoms with Gasteiger partial charge in [-0.2, -0.15) is 0 Å². The molecule has 100 valence electrons. The summed E-state index contributed by atoms with van der Waals surface area (Å²) in [6.07, 6.45) is 6.41. The van der Waals surface area contributed by atoms with Crippen molar-refractivity contribution in [3.05, 3.63) is 29.8 Å². The number of benzene rings is 1. The molecule has 18 heavy (non-hydrogen) atoms. The molecule has 0 bridgehead atoms. The maximum Gasteiger partial charge on any atom is 0.115 e. The highest BCUT2D eigenvalue weighted by molar-refractivity contribution is 5.27. The van der Waals surface area contributed by atoms with E-state index in [1.54, 1.807) is 6.07 Å². The van der Waals surface area contributed by atoms with Crippen molar-refractivity contribution in [3.8, 4) is 5.75 Å². The van der Waals surface area contributed by atoms with Crippen molar-refractivity contribution in [2.24, 2.45) is 0 Å². The lowest BCUT2D eigenvalue weighted by molar-refractivity contribution is 0.117. The highest BCUT2D eigenvalue weighted by atomic mass is 16.3. The topological polar surface area (TPSA) is 43.7 Å². The van der Waals surface area contributed by atoms with Gasteiger partial charge < -0.3 is 10.2 Å².